The van der Waals surface area contributed by atoms with Crippen LogP contribution < -0.4 is 9.80 Å². The number of benzene rings is 2. The van der Waals surface area contributed by atoms with Gasteiger partial charge in [0.2, 0.25) is 5.91 Å². The van der Waals surface area contributed by atoms with Crippen LogP contribution in [0, 0.1) is 0 Å². The van der Waals surface area contributed by atoms with Crippen molar-refractivity contribution in [3.63, 3.8) is 0 Å². The Morgan fingerprint density at radius 2 is 1.57 bits per heavy atom. The van der Waals surface area contributed by atoms with Crippen molar-refractivity contribution in [1.29, 1.82) is 0 Å². The third-order valence-corrected chi connectivity index (χ3v) is 6.52. The lowest BCUT2D eigenvalue weighted by Gasteiger charge is -2.37. The summed E-state index contributed by atoms with van der Waals surface area (Å²) in [4.78, 5) is 32.7. The van der Waals surface area contributed by atoms with E-state index >= 15 is 0 Å². The number of carbonyl (C=O) groups excluding carboxylic acids is 2. The largest absolute Gasteiger partial charge is 0.367 e. The average molecular weight is 468 g/mol. The Kier molecular flexibility index (Phi) is 6.27. The lowest BCUT2D eigenvalue weighted by atomic mass is 10.2. The van der Waals surface area contributed by atoms with Crippen molar-refractivity contribution in [3.05, 3.63) is 57.5 Å². The molecule has 0 radical (unpaired) electrons. The standard InChI is InChI=1S/C21H21Cl3N4O2/c22-15-4-6-16(7-5-15)28-13-12-27(21(28)30)14-19(29)26-10-8-25(9-11-26)18-3-1-2-17(23)20(18)24/h1-7H,8-14H2. The predicted molar refractivity (Wildman–Crippen MR) is 121 cm³/mol. The number of hydrogen-bond acceptors (Lipinski definition) is 3. The van der Waals surface area contributed by atoms with Crippen LogP contribution in [0.1, 0.15) is 0 Å². The molecule has 0 bridgehead atoms. The number of carbonyl (C=O) groups is 2. The molecule has 30 heavy (non-hydrogen) atoms. The fourth-order valence-electron chi connectivity index (χ4n) is 3.79. The van der Waals surface area contributed by atoms with Gasteiger partial charge >= 0.3 is 6.03 Å². The molecule has 0 N–H and O–H groups in total. The molecule has 0 aromatic heterocycles. The average Bonchev–Trinajstić information content (AvgIpc) is 3.11. The molecule has 2 aliphatic rings. The third kappa shape index (κ3) is 4.31. The Balaban J connectivity index is 1.32. The van der Waals surface area contributed by atoms with Gasteiger partial charge in [0.05, 0.1) is 15.7 Å². The first kappa shape index (κ1) is 21.1. The van der Waals surface area contributed by atoms with Gasteiger partial charge in [-0.1, -0.05) is 40.9 Å². The van der Waals surface area contributed by atoms with Crippen molar-refractivity contribution in [1.82, 2.24) is 9.80 Å². The number of nitrogens with zero attached hydrogens (tertiary/aromatic N) is 4. The molecule has 0 aliphatic carbocycles. The van der Waals surface area contributed by atoms with Gasteiger partial charge in [-0.05, 0) is 36.4 Å². The number of anilines is 2. The van der Waals surface area contributed by atoms with E-state index in [0.717, 1.165) is 11.4 Å². The fraction of sp³-hybridized carbons (Fsp3) is 0.333. The van der Waals surface area contributed by atoms with Gasteiger partial charge in [-0.3, -0.25) is 9.69 Å². The highest BCUT2D eigenvalue weighted by molar-refractivity contribution is 6.43. The van der Waals surface area contributed by atoms with Crippen molar-refractivity contribution in [2.45, 2.75) is 0 Å². The van der Waals surface area contributed by atoms with Gasteiger partial charge in [0.1, 0.15) is 6.54 Å². The molecule has 3 amide bonds. The second-order valence-electron chi connectivity index (χ2n) is 7.27. The number of urea groups is 1. The molecule has 0 saturated carbocycles. The summed E-state index contributed by atoms with van der Waals surface area (Å²) in [7, 11) is 0. The van der Waals surface area contributed by atoms with E-state index in [1.54, 1.807) is 32.9 Å². The number of hydrogen-bond donors (Lipinski definition) is 0. The Hall–Kier alpha value is -2.15. The van der Waals surface area contributed by atoms with Gasteiger partial charge in [0, 0.05) is 50.0 Å². The SMILES string of the molecule is O=C(CN1CCN(c2ccc(Cl)cc2)C1=O)N1CCN(c2cccc(Cl)c2Cl)CC1. The van der Waals surface area contributed by atoms with E-state index in [2.05, 4.69) is 4.90 Å². The van der Waals surface area contributed by atoms with Crippen LogP contribution >= 0.6 is 34.8 Å². The van der Waals surface area contributed by atoms with Crippen molar-refractivity contribution in [3.8, 4) is 0 Å². The summed E-state index contributed by atoms with van der Waals surface area (Å²) in [6.45, 7) is 3.63. The molecule has 2 heterocycles. The Labute approximate surface area is 190 Å². The van der Waals surface area contributed by atoms with Crippen molar-refractivity contribution in [2.24, 2.45) is 0 Å². The molecule has 2 aromatic carbocycles. The van der Waals surface area contributed by atoms with Gasteiger partial charge in [-0.25, -0.2) is 4.79 Å². The first-order valence-electron chi connectivity index (χ1n) is 9.73. The zero-order valence-corrected chi connectivity index (χ0v) is 18.5. The normalized spacial score (nSPS) is 17.1. The molecule has 158 valence electrons. The van der Waals surface area contributed by atoms with E-state index in [-0.39, 0.29) is 18.5 Å². The van der Waals surface area contributed by atoms with Crippen molar-refractivity contribution >= 4 is 58.1 Å². The first-order valence-corrected chi connectivity index (χ1v) is 10.9. The topological polar surface area (TPSA) is 47.1 Å². The monoisotopic (exact) mass is 466 g/mol. The van der Waals surface area contributed by atoms with E-state index in [1.165, 1.54) is 0 Å². The molecule has 9 heteroatoms. The third-order valence-electron chi connectivity index (χ3n) is 5.46. The zero-order valence-electron chi connectivity index (χ0n) is 16.2. The van der Waals surface area contributed by atoms with Gasteiger partial charge in [0.15, 0.2) is 0 Å². The number of rotatable bonds is 4. The molecule has 2 aromatic rings. The highest BCUT2D eigenvalue weighted by Crippen LogP contribution is 2.33. The molecule has 2 fully saturated rings. The minimum Gasteiger partial charge on any atom is -0.367 e. The molecule has 0 atom stereocenters. The maximum atomic E-state index is 12.8. The molecule has 6 nitrogen and oxygen atoms in total. The molecular weight excluding hydrogens is 447 g/mol. The highest BCUT2D eigenvalue weighted by Gasteiger charge is 2.32. The molecule has 4 rings (SSSR count). The van der Waals surface area contributed by atoms with E-state index in [4.69, 9.17) is 34.8 Å². The molecule has 2 aliphatic heterocycles. The zero-order chi connectivity index (χ0) is 21.3. The minimum absolute atomic E-state index is 0.0434. The Morgan fingerprint density at radius 3 is 2.27 bits per heavy atom. The number of piperazine rings is 1. The van der Waals surface area contributed by atoms with E-state index in [0.29, 0.717) is 54.3 Å². The second kappa shape index (κ2) is 8.92. The smallest absolute Gasteiger partial charge is 0.325 e. The van der Waals surface area contributed by atoms with Crippen LogP contribution in [-0.2, 0) is 4.79 Å². The maximum Gasteiger partial charge on any atom is 0.325 e. The summed E-state index contributed by atoms with van der Waals surface area (Å²) < 4.78 is 0. The highest BCUT2D eigenvalue weighted by atomic mass is 35.5. The van der Waals surface area contributed by atoms with Crippen molar-refractivity contribution < 1.29 is 9.59 Å². The van der Waals surface area contributed by atoms with Crippen LogP contribution in [0.25, 0.3) is 0 Å². The van der Waals surface area contributed by atoms with Gasteiger partial charge in [-0.15, -0.1) is 0 Å². The van der Waals surface area contributed by atoms with Crippen LogP contribution in [0.2, 0.25) is 15.1 Å². The second-order valence-corrected chi connectivity index (χ2v) is 8.49. The van der Waals surface area contributed by atoms with E-state index in [1.807, 2.05) is 24.3 Å². The van der Waals surface area contributed by atoms with Crippen LogP contribution in [0.5, 0.6) is 0 Å². The quantitative estimate of drug-likeness (QED) is 0.676. The van der Waals surface area contributed by atoms with E-state index in [9.17, 15) is 9.59 Å². The molecule has 0 spiro atoms. The van der Waals surface area contributed by atoms with E-state index < -0.39 is 0 Å². The van der Waals surface area contributed by atoms with Crippen LogP contribution in [0.4, 0.5) is 16.2 Å². The number of halogens is 3. The lowest BCUT2D eigenvalue weighted by Crippen LogP contribution is -2.51. The summed E-state index contributed by atoms with van der Waals surface area (Å²) in [6, 6.07) is 12.5. The van der Waals surface area contributed by atoms with Crippen LogP contribution in [-0.4, -0.2) is 67.6 Å². The summed E-state index contributed by atoms with van der Waals surface area (Å²) in [5, 5.41) is 1.67. The van der Waals surface area contributed by atoms with Gasteiger partial charge in [0.25, 0.3) is 0 Å². The lowest BCUT2D eigenvalue weighted by molar-refractivity contribution is -0.131. The molecule has 2 saturated heterocycles. The Bertz CT molecular complexity index is 946. The van der Waals surface area contributed by atoms with Crippen LogP contribution in [0.3, 0.4) is 0 Å². The Morgan fingerprint density at radius 1 is 0.867 bits per heavy atom. The van der Waals surface area contributed by atoms with Gasteiger partial charge in [-0.2, -0.15) is 0 Å². The van der Waals surface area contributed by atoms with Gasteiger partial charge < -0.3 is 14.7 Å². The van der Waals surface area contributed by atoms with Crippen molar-refractivity contribution in [2.75, 3.05) is 55.6 Å². The minimum atomic E-state index is -0.157. The fourth-order valence-corrected chi connectivity index (χ4v) is 4.33. The van der Waals surface area contributed by atoms with Crippen LogP contribution in [0.15, 0.2) is 42.5 Å². The summed E-state index contributed by atoms with van der Waals surface area (Å²) in [5.74, 6) is -0.0434. The predicted octanol–water partition coefficient (Wildman–Crippen LogP) is 4.24. The first-order chi connectivity index (χ1) is 14.4. The maximum absolute atomic E-state index is 12.8. The summed E-state index contributed by atoms with van der Waals surface area (Å²) in [6.07, 6.45) is 0. The number of amides is 3. The summed E-state index contributed by atoms with van der Waals surface area (Å²) >= 11 is 18.4. The summed E-state index contributed by atoms with van der Waals surface area (Å²) in [5.41, 5.74) is 1.66. The molecular formula is C21H21Cl3N4O2. The molecule has 0 unspecified atom stereocenters.